The Kier molecular flexibility index (Phi) is 8.46. The van der Waals surface area contributed by atoms with E-state index in [0.29, 0.717) is 45.1 Å². The van der Waals surface area contributed by atoms with Crippen molar-refractivity contribution in [2.75, 3.05) is 13.7 Å². The molecular weight excluding hydrogens is 584 g/mol. The predicted molar refractivity (Wildman–Crippen MR) is 158 cm³/mol. The molecule has 1 saturated heterocycles. The van der Waals surface area contributed by atoms with E-state index in [2.05, 4.69) is 13.8 Å². The zero-order chi connectivity index (χ0) is 32.5. The summed E-state index contributed by atoms with van der Waals surface area (Å²) < 4.78 is 34.7. The first kappa shape index (κ1) is 32.9. The quantitative estimate of drug-likeness (QED) is 0.252. The van der Waals surface area contributed by atoms with Gasteiger partial charge < -0.3 is 38.6 Å². The second-order valence-corrected chi connectivity index (χ2v) is 15.1. The molecule has 0 unspecified atom stereocenters. The molecule has 4 saturated carbocycles. The Morgan fingerprint density at radius 3 is 2.20 bits per heavy atom. The van der Waals surface area contributed by atoms with E-state index in [1.807, 2.05) is 0 Å². The van der Waals surface area contributed by atoms with Crippen molar-refractivity contribution in [2.45, 2.75) is 140 Å². The Balaban J connectivity index is 1.19. The molecule has 0 aromatic rings. The first-order valence-corrected chi connectivity index (χ1v) is 16.7. The summed E-state index contributed by atoms with van der Waals surface area (Å²) in [6.07, 6.45) is 3.42. The van der Waals surface area contributed by atoms with E-state index in [-0.39, 0.29) is 35.2 Å². The third kappa shape index (κ3) is 5.16. The minimum atomic E-state index is -1.01. The van der Waals surface area contributed by atoms with E-state index in [9.17, 15) is 24.6 Å². The van der Waals surface area contributed by atoms with Crippen molar-refractivity contribution in [2.24, 2.45) is 28.6 Å². The number of carbonyl (C=O) groups excluding carboxylic acids is 3. The van der Waals surface area contributed by atoms with Gasteiger partial charge in [-0.3, -0.25) is 9.59 Å². The molecule has 0 bridgehead atoms. The molecular formula is C34H50O11. The number of cyclic esters (lactones) is 1. The monoisotopic (exact) mass is 634 g/mol. The number of methoxy groups -OCH3 is 1. The first-order valence-electron chi connectivity index (χ1n) is 16.7. The van der Waals surface area contributed by atoms with E-state index in [1.54, 1.807) is 13.0 Å². The van der Waals surface area contributed by atoms with E-state index in [4.69, 9.17) is 28.4 Å². The van der Waals surface area contributed by atoms with Gasteiger partial charge in [0.1, 0.15) is 12.7 Å². The highest BCUT2D eigenvalue weighted by molar-refractivity contribution is 5.85. The second kappa shape index (κ2) is 11.6. The average Bonchev–Trinajstić information content (AvgIpc) is 3.51. The van der Waals surface area contributed by atoms with Crippen LogP contribution in [0.5, 0.6) is 0 Å². The second-order valence-electron chi connectivity index (χ2n) is 15.1. The summed E-state index contributed by atoms with van der Waals surface area (Å²) in [7, 11) is 1.47. The molecule has 0 amide bonds. The first-order chi connectivity index (χ1) is 21.2. The topological polar surface area (TPSA) is 147 Å². The van der Waals surface area contributed by atoms with Gasteiger partial charge in [-0.1, -0.05) is 13.8 Å². The number of fused-ring (bicyclic) bond motifs is 5. The molecule has 0 spiro atoms. The SMILES string of the molecule is CO[C@@H]1[C@@H](OC(C)=O)[C@@H](C)O[C@@H](O[C@@H]2CC[C@]3(C)[C@H]4CC[C@]5(C)[C@@H](C6=CC(=O)OC6)CC[C@@]5(O)[C@@H]4CC[C@]3(O)C2)[C@@H]1OC(C)=O. The number of rotatable bonds is 6. The summed E-state index contributed by atoms with van der Waals surface area (Å²) in [5, 5.41) is 24.9. The number of ether oxygens (including phenoxy) is 6. The van der Waals surface area contributed by atoms with Crippen LogP contribution in [0.3, 0.4) is 0 Å². The van der Waals surface area contributed by atoms with Crippen LogP contribution in [0, 0.1) is 28.6 Å². The molecule has 6 aliphatic rings. The highest BCUT2D eigenvalue weighted by atomic mass is 16.7. The molecule has 0 aromatic carbocycles. The summed E-state index contributed by atoms with van der Waals surface area (Å²) >= 11 is 0. The van der Waals surface area contributed by atoms with Crippen molar-refractivity contribution in [3.8, 4) is 0 Å². The maximum Gasteiger partial charge on any atom is 0.331 e. The highest BCUT2D eigenvalue weighted by Crippen LogP contribution is 2.70. The van der Waals surface area contributed by atoms with Gasteiger partial charge >= 0.3 is 17.9 Å². The maximum atomic E-state index is 12.5. The van der Waals surface area contributed by atoms with Crippen LogP contribution in [0.25, 0.3) is 0 Å². The lowest BCUT2D eigenvalue weighted by molar-refractivity contribution is -0.324. The normalized spacial score (nSPS) is 49.2. The van der Waals surface area contributed by atoms with Crippen LogP contribution in [-0.2, 0) is 42.8 Å². The Morgan fingerprint density at radius 1 is 0.889 bits per heavy atom. The van der Waals surface area contributed by atoms with E-state index in [0.717, 1.165) is 24.8 Å². The van der Waals surface area contributed by atoms with Crippen molar-refractivity contribution < 1.29 is 53.0 Å². The number of hydrogen-bond acceptors (Lipinski definition) is 11. The molecule has 0 radical (unpaired) electrons. The molecule has 2 N–H and O–H groups in total. The molecule has 5 fully saturated rings. The zero-order valence-electron chi connectivity index (χ0n) is 27.4. The average molecular weight is 635 g/mol. The van der Waals surface area contributed by atoms with Crippen LogP contribution in [0.2, 0.25) is 0 Å². The predicted octanol–water partition coefficient (Wildman–Crippen LogP) is 3.37. The molecule has 252 valence electrons. The molecule has 13 atom stereocenters. The van der Waals surface area contributed by atoms with Crippen molar-refractivity contribution in [1.29, 1.82) is 0 Å². The summed E-state index contributed by atoms with van der Waals surface area (Å²) in [5.41, 5.74) is -1.63. The Hall–Kier alpha value is -2.05. The van der Waals surface area contributed by atoms with Crippen molar-refractivity contribution >= 4 is 17.9 Å². The van der Waals surface area contributed by atoms with Gasteiger partial charge in [0.05, 0.1) is 23.4 Å². The van der Waals surface area contributed by atoms with Crippen molar-refractivity contribution in [3.05, 3.63) is 11.6 Å². The summed E-state index contributed by atoms with van der Waals surface area (Å²) in [5.74, 6) is -1.01. The van der Waals surface area contributed by atoms with Gasteiger partial charge in [-0.2, -0.15) is 0 Å². The van der Waals surface area contributed by atoms with Crippen molar-refractivity contribution in [1.82, 2.24) is 0 Å². The molecule has 4 aliphatic carbocycles. The lowest BCUT2D eigenvalue weighted by atomic mass is 9.42. The number of carbonyl (C=O) groups is 3. The van der Waals surface area contributed by atoms with Crippen molar-refractivity contribution in [3.63, 3.8) is 0 Å². The molecule has 11 heteroatoms. The summed E-state index contributed by atoms with van der Waals surface area (Å²) in [6.45, 7) is 9.06. The van der Waals surface area contributed by atoms with Crippen LogP contribution in [0.15, 0.2) is 11.6 Å². The van der Waals surface area contributed by atoms with Gasteiger partial charge in [0.2, 0.25) is 0 Å². The third-order valence-corrected chi connectivity index (χ3v) is 13.0. The Morgan fingerprint density at radius 2 is 1.56 bits per heavy atom. The standard InChI is InChI=1S/C34H50O11/c1-18-27(43-19(2)35)28(40-6)29(44-20(3)36)30(42-18)45-22-7-11-31(4)24-8-12-32(5)23(21-15-26(37)41-17-21)10-14-34(32,39)25(24)9-13-33(31,38)16-22/h15,18,22-25,27-30,38-39H,7-14,16-17H2,1-6H3/t18-,22-,23-,24+,25-,27+,28-,29-,30+,31-,32-,33+,34-/m1/s1. The maximum absolute atomic E-state index is 12.5. The third-order valence-electron chi connectivity index (χ3n) is 13.0. The number of aliphatic hydroxyl groups is 2. The lowest BCUT2D eigenvalue weighted by Gasteiger charge is -2.66. The largest absolute Gasteiger partial charge is 0.458 e. The van der Waals surface area contributed by atoms with E-state index >= 15 is 0 Å². The molecule has 6 rings (SSSR count). The van der Waals surface area contributed by atoms with Crippen LogP contribution in [0.4, 0.5) is 0 Å². The molecule has 2 heterocycles. The van der Waals surface area contributed by atoms with Gasteiger partial charge in [0.25, 0.3) is 0 Å². The van der Waals surface area contributed by atoms with Gasteiger partial charge in [-0.05, 0) is 87.0 Å². The zero-order valence-corrected chi connectivity index (χ0v) is 27.4. The van der Waals surface area contributed by atoms with E-state index in [1.165, 1.54) is 21.0 Å². The highest BCUT2D eigenvalue weighted by Gasteiger charge is 2.70. The minimum Gasteiger partial charge on any atom is -0.458 e. The molecule has 45 heavy (non-hydrogen) atoms. The summed E-state index contributed by atoms with van der Waals surface area (Å²) in [6, 6.07) is 0. The molecule has 2 aliphatic heterocycles. The smallest absolute Gasteiger partial charge is 0.331 e. The number of esters is 3. The summed E-state index contributed by atoms with van der Waals surface area (Å²) in [4.78, 5) is 35.8. The van der Waals surface area contributed by atoms with Crippen LogP contribution in [0.1, 0.15) is 92.4 Å². The molecule has 0 aromatic heterocycles. The lowest BCUT2D eigenvalue weighted by Crippen LogP contribution is -2.68. The Labute approximate surface area is 265 Å². The van der Waals surface area contributed by atoms with E-state index < -0.39 is 59.3 Å². The van der Waals surface area contributed by atoms with Crippen LogP contribution < -0.4 is 0 Å². The van der Waals surface area contributed by atoms with Gasteiger partial charge in [0, 0.05) is 38.9 Å². The molecule has 11 nitrogen and oxygen atoms in total. The number of hydrogen-bond donors (Lipinski definition) is 2. The fraction of sp³-hybridized carbons (Fsp3) is 0.853. The van der Waals surface area contributed by atoms with Crippen LogP contribution in [-0.4, -0.2) is 89.8 Å². The fourth-order valence-corrected chi connectivity index (χ4v) is 10.7. The van der Waals surface area contributed by atoms with Gasteiger partial charge in [-0.25, -0.2) is 4.79 Å². The minimum absolute atomic E-state index is 0.0548. The Bertz CT molecular complexity index is 1230. The van der Waals surface area contributed by atoms with Gasteiger partial charge in [0.15, 0.2) is 18.5 Å². The fourth-order valence-electron chi connectivity index (χ4n) is 10.7. The van der Waals surface area contributed by atoms with Crippen LogP contribution >= 0.6 is 0 Å². The van der Waals surface area contributed by atoms with Gasteiger partial charge in [-0.15, -0.1) is 0 Å².